The number of hydrogen-bond donors (Lipinski definition) is 2. The van der Waals surface area contributed by atoms with Gasteiger partial charge in [-0.2, -0.15) is 0 Å². The van der Waals surface area contributed by atoms with Crippen molar-refractivity contribution in [1.82, 2.24) is 10.2 Å². The van der Waals surface area contributed by atoms with Crippen LogP contribution in [0.5, 0.6) is 0 Å². The molecular formula is C16H24N2O3. The fraction of sp³-hybridized carbons (Fsp3) is 0.500. The number of carbonyl (C=O) groups is 2. The number of urea groups is 1. The lowest BCUT2D eigenvalue weighted by molar-refractivity contribution is -0.137. The van der Waals surface area contributed by atoms with Crippen LogP contribution in [0.25, 0.3) is 0 Å². The molecule has 0 fully saturated rings. The summed E-state index contributed by atoms with van der Waals surface area (Å²) in [4.78, 5) is 24.5. The van der Waals surface area contributed by atoms with Crippen LogP contribution in [0, 0.1) is 6.92 Å². The van der Waals surface area contributed by atoms with Crippen LogP contribution in [0.4, 0.5) is 4.79 Å². The van der Waals surface area contributed by atoms with Crippen LogP contribution in [0.15, 0.2) is 24.3 Å². The van der Waals surface area contributed by atoms with E-state index in [1.807, 2.05) is 52.0 Å². The Hall–Kier alpha value is -2.04. The largest absolute Gasteiger partial charge is 0.481 e. The number of aliphatic carboxylic acids is 1. The second-order valence-corrected chi connectivity index (χ2v) is 6.11. The average Bonchev–Trinajstić information content (AvgIpc) is 2.34. The molecule has 2 amide bonds. The number of rotatable bonds is 5. The number of carbonyl (C=O) groups excluding carboxylic acids is 1. The molecule has 0 aliphatic heterocycles. The van der Waals surface area contributed by atoms with Crippen molar-refractivity contribution in [3.8, 4) is 0 Å². The minimum atomic E-state index is -0.907. The van der Waals surface area contributed by atoms with E-state index in [9.17, 15) is 9.59 Å². The highest BCUT2D eigenvalue weighted by atomic mass is 16.4. The van der Waals surface area contributed by atoms with Gasteiger partial charge in [-0.1, -0.05) is 29.8 Å². The molecule has 0 aliphatic rings. The van der Waals surface area contributed by atoms with Gasteiger partial charge in [0.15, 0.2) is 0 Å². The molecule has 1 aromatic carbocycles. The molecule has 5 nitrogen and oxygen atoms in total. The highest BCUT2D eigenvalue weighted by Crippen LogP contribution is 2.14. The molecule has 1 rings (SSSR count). The first-order chi connectivity index (χ1) is 9.70. The summed E-state index contributed by atoms with van der Waals surface area (Å²) < 4.78 is 0. The number of carboxylic acid groups (broad SMARTS) is 1. The van der Waals surface area contributed by atoms with Crippen LogP contribution in [0.2, 0.25) is 0 Å². The van der Waals surface area contributed by atoms with Gasteiger partial charge < -0.3 is 15.3 Å². The highest BCUT2D eigenvalue weighted by molar-refractivity contribution is 5.76. The minimum absolute atomic E-state index is 0.0604. The quantitative estimate of drug-likeness (QED) is 0.876. The molecule has 0 unspecified atom stereocenters. The third kappa shape index (κ3) is 5.85. The van der Waals surface area contributed by atoms with Gasteiger partial charge in [-0.15, -0.1) is 0 Å². The van der Waals surface area contributed by atoms with E-state index < -0.39 is 11.5 Å². The molecule has 0 saturated heterocycles. The number of nitrogens with one attached hydrogen (secondary N) is 1. The summed E-state index contributed by atoms with van der Waals surface area (Å²) in [6.45, 7) is 8.29. The standard InChI is InChI=1S/C16H24N2O3/c1-12-6-5-7-13(10-12)11-17-15(21)18(16(2,3)4)9-8-14(19)20/h5-7,10H,8-9,11H2,1-4H3,(H,17,21)(H,19,20). The van der Waals surface area contributed by atoms with Gasteiger partial charge in [-0.25, -0.2) is 4.79 Å². The monoisotopic (exact) mass is 292 g/mol. The van der Waals surface area contributed by atoms with Crippen molar-refractivity contribution in [3.05, 3.63) is 35.4 Å². The Bertz CT molecular complexity index is 506. The van der Waals surface area contributed by atoms with E-state index in [-0.39, 0.29) is 19.0 Å². The lowest BCUT2D eigenvalue weighted by atomic mass is 10.1. The first-order valence-corrected chi connectivity index (χ1v) is 7.03. The van der Waals surface area contributed by atoms with Crippen molar-refractivity contribution in [3.63, 3.8) is 0 Å². The molecule has 0 saturated carbocycles. The summed E-state index contributed by atoms with van der Waals surface area (Å²) in [6, 6.07) is 7.66. The molecule has 0 bridgehead atoms. The van der Waals surface area contributed by atoms with Crippen molar-refractivity contribution in [1.29, 1.82) is 0 Å². The normalized spacial score (nSPS) is 11.0. The molecule has 0 aromatic heterocycles. The van der Waals surface area contributed by atoms with Gasteiger partial charge >= 0.3 is 12.0 Å². The molecule has 2 N–H and O–H groups in total. The fourth-order valence-electron chi connectivity index (χ4n) is 2.04. The van der Waals surface area contributed by atoms with Gasteiger partial charge in [0.2, 0.25) is 0 Å². The Kier molecular flexibility index (Phi) is 5.76. The molecule has 21 heavy (non-hydrogen) atoms. The van der Waals surface area contributed by atoms with Crippen molar-refractivity contribution < 1.29 is 14.7 Å². The van der Waals surface area contributed by atoms with Crippen molar-refractivity contribution in [2.24, 2.45) is 0 Å². The van der Waals surface area contributed by atoms with E-state index in [1.54, 1.807) is 4.90 Å². The summed E-state index contributed by atoms with van der Waals surface area (Å²) >= 11 is 0. The van der Waals surface area contributed by atoms with E-state index in [0.29, 0.717) is 6.54 Å². The SMILES string of the molecule is Cc1cccc(CNC(=O)N(CCC(=O)O)C(C)(C)C)c1. The van der Waals surface area contributed by atoms with Crippen molar-refractivity contribution in [2.75, 3.05) is 6.54 Å². The van der Waals surface area contributed by atoms with E-state index in [0.717, 1.165) is 11.1 Å². The summed E-state index contributed by atoms with van der Waals surface area (Å²) in [7, 11) is 0. The highest BCUT2D eigenvalue weighted by Gasteiger charge is 2.26. The van der Waals surface area contributed by atoms with Crippen LogP contribution in [-0.2, 0) is 11.3 Å². The predicted molar refractivity (Wildman–Crippen MR) is 82.1 cm³/mol. The van der Waals surface area contributed by atoms with Gasteiger partial charge in [0, 0.05) is 18.6 Å². The molecule has 0 spiro atoms. The maximum Gasteiger partial charge on any atom is 0.318 e. The second-order valence-electron chi connectivity index (χ2n) is 6.11. The Morgan fingerprint density at radius 3 is 2.48 bits per heavy atom. The minimum Gasteiger partial charge on any atom is -0.481 e. The van der Waals surface area contributed by atoms with Crippen LogP contribution >= 0.6 is 0 Å². The lowest BCUT2D eigenvalue weighted by Crippen LogP contribution is -2.50. The molecule has 5 heteroatoms. The maximum atomic E-state index is 12.3. The molecule has 1 aromatic rings. The molecular weight excluding hydrogens is 268 g/mol. The zero-order chi connectivity index (χ0) is 16.0. The number of aryl methyl sites for hydroxylation is 1. The van der Waals surface area contributed by atoms with Gasteiger partial charge in [0.1, 0.15) is 0 Å². The maximum absolute atomic E-state index is 12.3. The van der Waals surface area contributed by atoms with Crippen LogP contribution in [0.3, 0.4) is 0 Å². The van der Waals surface area contributed by atoms with Gasteiger partial charge in [-0.3, -0.25) is 4.79 Å². The molecule has 0 aliphatic carbocycles. The van der Waals surface area contributed by atoms with Crippen LogP contribution in [-0.4, -0.2) is 34.1 Å². The Morgan fingerprint density at radius 2 is 1.95 bits per heavy atom. The van der Waals surface area contributed by atoms with Crippen LogP contribution in [0.1, 0.15) is 38.3 Å². The second kappa shape index (κ2) is 7.11. The number of amides is 2. The zero-order valence-electron chi connectivity index (χ0n) is 13.1. The van der Waals surface area contributed by atoms with E-state index >= 15 is 0 Å². The number of carboxylic acids is 1. The fourth-order valence-corrected chi connectivity index (χ4v) is 2.04. The van der Waals surface area contributed by atoms with Crippen molar-refractivity contribution in [2.45, 2.75) is 46.2 Å². The Labute approximate surface area is 126 Å². The average molecular weight is 292 g/mol. The predicted octanol–water partition coefficient (Wildman–Crippen LogP) is 2.78. The number of benzene rings is 1. The van der Waals surface area contributed by atoms with Crippen LogP contribution < -0.4 is 5.32 Å². The van der Waals surface area contributed by atoms with Crippen molar-refractivity contribution >= 4 is 12.0 Å². The third-order valence-electron chi connectivity index (χ3n) is 3.13. The molecule has 0 heterocycles. The first kappa shape index (κ1) is 17.0. The van der Waals surface area contributed by atoms with E-state index in [2.05, 4.69) is 5.32 Å². The Balaban J connectivity index is 2.66. The number of nitrogens with zero attached hydrogens (tertiary/aromatic N) is 1. The zero-order valence-corrected chi connectivity index (χ0v) is 13.1. The topological polar surface area (TPSA) is 69.6 Å². The smallest absolute Gasteiger partial charge is 0.318 e. The molecule has 116 valence electrons. The van der Waals surface area contributed by atoms with Gasteiger partial charge in [0.05, 0.1) is 6.42 Å². The number of hydrogen-bond acceptors (Lipinski definition) is 2. The summed E-state index contributed by atoms with van der Waals surface area (Å²) in [5, 5.41) is 11.6. The summed E-state index contributed by atoms with van der Waals surface area (Å²) in [5.74, 6) is -0.907. The first-order valence-electron chi connectivity index (χ1n) is 7.03. The Morgan fingerprint density at radius 1 is 1.29 bits per heavy atom. The van der Waals surface area contributed by atoms with Gasteiger partial charge in [-0.05, 0) is 33.3 Å². The van der Waals surface area contributed by atoms with Gasteiger partial charge in [0.25, 0.3) is 0 Å². The summed E-state index contributed by atoms with van der Waals surface area (Å²) in [5.41, 5.74) is 1.74. The van der Waals surface area contributed by atoms with E-state index in [1.165, 1.54) is 0 Å². The van der Waals surface area contributed by atoms with E-state index in [4.69, 9.17) is 5.11 Å². The molecule has 0 radical (unpaired) electrons. The molecule has 0 atom stereocenters. The summed E-state index contributed by atoms with van der Waals surface area (Å²) in [6.07, 6.45) is -0.0604. The third-order valence-corrected chi connectivity index (χ3v) is 3.13. The lowest BCUT2D eigenvalue weighted by Gasteiger charge is -2.35.